The van der Waals surface area contributed by atoms with E-state index in [-0.39, 0.29) is 12.3 Å². The fourth-order valence-electron chi connectivity index (χ4n) is 1.83. The second-order valence-corrected chi connectivity index (χ2v) is 3.38. The van der Waals surface area contributed by atoms with Gasteiger partial charge in [0.15, 0.2) is 5.89 Å². The van der Waals surface area contributed by atoms with Gasteiger partial charge in [0, 0.05) is 12.8 Å². The van der Waals surface area contributed by atoms with Gasteiger partial charge in [0.05, 0.1) is 12.1 Å². The molecule has 1 heterocycles. The molecular formula is C9H11NO3. The number of hydrogen-bond donors (Lipinski definition) is 1. The molecule has 0 saturated heterocycles. The molecule has 0 fully saturated rings. The Morgan fingerprint density at radius 1 is 1.77 bits per heavy atom. The van der Waals surface area contributed by atoms with Crippen LogP contribution in [0.2, 0.25) is 0 Å². The minimum absolute atomic E-state index is 0.0358. The van der Waals surface area contributed by atoms with E-state index in [0.29, 0.717) is 5.89 Å². The molecule has 1 aliphatic rings. The number of carbonyl (C=O) groups is 1. The summed E-state index contributed by atoms with van der Waals surface area (Å²) < 4.78 is 5.36. The molecule has 0 aromatic carbocycles. The van der Waals surface area contributed by atoms with Crippen molar-refractivity contribution in [2.24, 2.45) is 0 Å². The number of aliphatic carboxylic acids is 1. The van der Waals surface area contributed by atoms with Gasteiger partial charge in [0.2, 0.25) is 0 Å². The van der Waals surface area contributed by atoms with Gasteiger partial charge in [-0.05, 0) is 12.8 Å². The quantitative estimate of drug-likeness (QED) is 0.750. The third-order valence-corrected chi connectivity index (χ3v) is 2.36. The third-order valence-electron chi connectivity index (χ3n) is 2.36. The average Bonchev–Trinajstić information content (AvgIpc) is 2.51. The highest BCUT2D eigenvalue weighted by Gasteiger charge is 2.29. The molecule has 1 unspecified atom stereocenters. The lowest BCUT2D eigenvalue weighted by atomic mass is 10.0. The standard InChI is InChI=1S/C9H11NO3/c1-5-10-7-3-2-6(4-8(11)12)9(7)13-5/h6H,2-4H2,1H3,(H,11,12). The van der Waals surface area contributed by atoms with Crippen LogP contribution in [-0.2, 0) is 11.2 Å². The molecule has 1 N–H and O–H groups in total. The van der Waals surface area contributed by atoms with Crippen LogP contribution in [0, 0.1) is 6.92 Å². The number of nitrogens with zero attached hydrogens (tertiary/aromatic N) is 1. The molecule has 1 aromatic rings. The summed E-state index contributed by atoms with van der Waals surface area (Å²) in [5.74, 6) is 0.695. The van der Waals surface area contributed by atoms with E-state index in [1.807, 2.05) is 0 Å². The van der Waals surface area contributed by atoms with Crippen LogP contribution >= 0.6 is 0 Å². The van der Waals surface area contributed by atoms with Crippen molar-refractivity contribution in [2.75, 3.05) is 0 Å². The Bertz CT molecular complexity index is 343. The lowest BCUT2D eigenvalue weighted by Crippen LogP contribution is -2.02. The van der Waals surface area contributed by atoms with Crippen molar-refractivity contribution < 1.29 is 14.3 Å². The van der Waals surface area contributed by atoms with Crippen molar-refractivity contribution in [1.29, 1.82) is 0 Å². The van der Waals surface area contributed by atoms with Gasteiger partial charge in [-0.1, -0.05) is 0 Å². The maximum absolute atomic E-state index is 10.5. The molecule has 70 valence electrons. The minimum atomic E-state index is -0.771. The topological polar surface area (TPSA) is 63.3 Å². The van der Waals surface area contributed by atoms with Gasteiger partial charge in [-0.15, -0.1) is 0 Å². The second-order valence-electron chi connectivity index (χ2n) is 3.38. The predicted molar refractivity (Wildman–Crippen MR) is 44.6 cm³/mol. The number of carboxylic acids is 1. The molecular weight excluding hydrogens is 170 g/mol. The lowest BCUT2D eigenvalue weighted by molar-refractivity contribution is -0.137. The molecule has 4 heteroatoms. The zero-order chi connectivity index (χ0) is 9.42. The lowest BCUT2D eigenvalue weighted by Gasteiger charge is -2.03. The third kappa shape index (κ3) is 1.43. The van der Waals surface area contributed by atoms with Crippen molar-refractivity contribution in [3.05, 3.63) is 17.3 Å². The molecule has 1 atom stereocenters. The SMILES string of the molecule is Cc1nc2c(o1)C(CC(=O)O)CC2. The molecule has 1 aromatic heterocycles. The zero-order valence-corrected chi connectivity index (χ0v) is 7.41. The number of carboxylic acid groups (broad SMARTS) is 1. The fraction of sp³-hybridized carbons (Fsp3) is 0.556. The van der Waals surface area contributed by atoms with Crippen molar-refractivity contribution in [3.8, 4) is 0 Å². The summed E-state index contributed by atoms with van der Waals surface area (Å²) >= 11 is 0. The highest BCUT2D eigenvalue weighted by atomic mass is 16.4. The van der Waals surface area contributed by atoms with Gasteiger partial charge in [-0.25, -0.2) is 4.98 Å². The first-order valence-electron chi connectivity index (χ1n) is 4.35. The summed E-state index contributed by atoms with van der Waals surface area (Å²) in [5, 5.41) is 8.64. The van der Waals surface area contributed by atoms with Crippen LogP contribution in [0.3, 0.4) is 0 Å². The number of fused-ring (bicyclic) bond motifs is 1. The van der Waals surface area contributed by atoms with Crippen LogP contribution in [0.15, 0.2) is 4.42 Å². The first-order chi connectivity index (χ1) is 6.16. The fourth-order valence-corrected chi connectivity index (χ4v) is 1.83. The molecule has 0 saturated carbocycles. The maximum Gasteiger partial charge on any atom is 0.304 e. The van der Waals surface area contributed by atoms with Crippen LogP contribution in [0.1, 0.15) is 36.1 Å². The van der Waals surface area contributed by atoms with E-state index in [1.54, 1.807) is 6.92 Å². The van der Waals surface area contributed by atoms with Crippen LogP contribution in [0.4, 0.5) is 0 Å². The Hall–Kier alpha value is -1.32. The van der Waals surface area contributed by atoms with E-state index in [0.717, 1.165) is 24.3 Å². The maximum atomic E-state index is 10.5. The van der Waals surface area contributed by atoms with Gasteiger partial charge in [0.1, 0.15) is 5.76 Å². The predicted octanol–water partition coefficient (Wildman–Crippen LogP) is 1.49. The molecule has 0 radical (unpaired) electrons. The summed E-state index contributed by atoms with van der Waals surface area (Å²) in [7, 11) is 0. The van der Waals surface area contributed by atoms with Crippen molar-refractivity contribution in [1.82, 2.24) is 4.98 Å². The summed E-state index contributed by atoms with van der Waals surface area (Å²) in [6, 6.07) is 0. The Morgan fingerprint density at radius 2 is 2.54 bits per heavy atom. The van der Waals surface area contributed by atoms with Crippen molar-refractivity contribution in [3.63, 3.8) is 0 Å². The molecule has 0 amide bonds. The summed E-state index contributed by atoms with van der Waals surface area (Å²) in [6.07, 6.45) is 1.86. The van der Waals surface area contributed by atoms with Crippen LogP contribution in [-0.4, -0.2) is 16.1 Å². The molecule has 0 bridgehead atoms. The van der Waals surface area contributed by atoms with E-state index < -0.39 is 5.97 Å². The smallest absolute Gasteiger partial charge is 0.304 e. The van der Waals surface area contributed by atoms with E-state index in [2.05, 4.69) is 4.98 Å². The molecule has 0 spiro atoms. The second kappa shape index (κ2) is 2.87. The van der Waals surface area contributed by atoms with Gasteiger partial charge < -0.3 is 9.52 Å². The summed E-state index contributed by atoms with van der Waals surface area (Å²) in [6.45, 7) is 1.79. The normalized spacial score (nSPS) is 20.2. The number of rotatable bonds is 2. The van der Waals surface area contributed by atoms with Gasteiger partial charge >= 0.3 is 5.97 Å². The van der Waals surface area contributed by atoms with Crippen LogP contribution in [0.5, 0.6) is 0 Å². The summed E-state index contributed by atoms with van der Waals surface area (Å²) in [4.78, 5) is 14.7. The van der Waals surface area contributed by atoms with Gasteiger partial charge in [0.25, 0.3) is 0 Å². The number of aryl methyl sites for hydroxylation is 2. The monoisotopic (exact) mass is 181 g/mol. The number of hydrogen-bond acceptors (Lipinski definition) is 3. The van der Waals surface area contributed by atoms with E-state index in [1.165, 1.54) is 0 Å². The van der Waals surface area contributed by atoms with Gasteiger partial charge in [-0.3, -0.25) is 4.79 Å². The molecule has 13 heavy (non-hydrogen) atoms. The number of oxazole rings is 1. The molecule has 0 aliphatic heterocycles. The first-order valence-corrected chi connectivity index (χ1v) is 4.35. The van der Waals surface area contributed by atoms with E-state index >= 15 is 0 Å². The number of aromatic nitrogens is 1. The van der Waals surface area contributed by atoms with Crippen molar-refractivity contribution >= 4 is 5.97 Å². The largest absolute Gasteiger partial charge is 0.481 e. The molecule has 2 rings (SSSR count). The Morgan fingerprint density at radius 3 is 3.23 bits per heavy atom. The molecule has 1 aliphatic carbocycles. The Labute approximate surface area is 75.6 Å². The highest BCUT2D eigenvalue weighted by molar-refractivity contribution is 5.68. The average molecular weight is 181 g/mol. The van der Waals surface area contributed by atoms with Crippen LogP contribution < -0.4 is 0 Å². The van der Waals surface area contributed by atoms with Crippen molar-refractivity contribution in [2.45, 2.75) is 32.1 Å². The highest BCUT2D eigenvalue weighted by Crippen LogP contribution is 2.35. The Balaban J connectivity index is 2.22. The first kappa shape index (κ1) is 8.29. The van der Waals surface area contributed by atoms with Gasteiger partial charge in [-0.2, -0.15) is 0 Å². The Kier molecular flexibility index (Phi) is 1.83. The van der Waals surface area contributed by atoms with E-state index in [9.17, 15) is 4.79 Å². The summed E-state index contributed by atoms with van der Waals surface area (Å²) in [5.41, 5.74) is 0.948. The zero-order valence-electron chi connectivity index (χ0n) is 7.41. The van der Waals surface area contributed by atoms with Crippen LogP contribution in [0.25, 0.3) is 0 Å². The molecule has 4 nitrogen and oxygen atoms in total. The minimum Gasteiger partial charge on any atom is -0.481 e. The van der Waals surface area contributed by atoms with E-state index in [4.69, 9.17) is 9.52 Å².